The van der Waals surface area contributed by atoms with Gasteiger partial charge in [-0.15, -0.1) is 53.6 Å². The van der Waals surface area contributed by atoms with Crippen molar-refractivity contribution in [1.29, 1.82) is 0 Å². The summed E-state index contributed by atoms with van der Waals surface area (Å²) < 4.78 is 9.31. The summed E-state index contributed by atoms with van der Waals surface area (Å²) in [4.78, 5) is 9.86. The van der Waals surface area contributed by atoms with E-state index in [-0.39, 0.29) is 53.6 Å². The molecule has 8 aromatic rings. The first-order valence-corrected chi connectivity index (χ1v) is 25.4. The van der Waals surface area contributed by atoms with Crippen LogP contribution in [0.2, 0.25) is 0 Å². The Bertz CT molecular complexity index is 3300. The van der Waals surface area contributed by atoms with Gasteiger partial charge in [0.15, 0.2) is 0 Å². The summed E-state index contributed by atoms with van der Waals surface area (Å²) in [5, 5.41) is 2.22. The Morgan fingerprint density at radius 3 is 1.60 bits per heavy atom. The molecule has 1 aliphatic heterocycles. The minimum atomic E-state index is -0.260. The predicted molar refractivity (Wildman–Crippen MR) is 299 cm³/mol. The van der Waals surface area contributed by atoms with Crippen LogP contribution in [0.15, 0.2) is 157 Å². The SMILES string of the molecule is CC(C)(C)C1=C(C(C)(C)C)N(c2cccc(C(C)(C)C)c2)[CH-]N1c1[c-]c(Oc2[c-]c3c(cc2)c2cc(C(C)(C)c4ccccc4)ccc2n3-c2cc(C(C)(C)c3ccccc3)ccn2)cc(C(C)(C)C)c1.[Pt]. The van der Waals surface area contributed by atoms with E-state index in [2.05, 4.69) is 283 Å². The zero-order valence-corrected chi connectivity index (χ0v) is 47.7. The van der Waals surface area contributed by atoms with Gasteiger partial charge in [0.25, 0.3) is 0 Å². The van der Waals surface area contributed by atoms with Crippen LogP contribution in [0.1, 0.15) is 144 Å². The second-order valence-electron chi connectivity index (χ2n) is 24.9. The second-order valence-corrected chi connectivity index (χ2v) is 24.9. The van der Waals surface area contributed by atoms with Gasteiger partial charge in [-0.05, 0) is 74.4 Å². The average molecular weight is 1130 g/mol. The summed E-state index contributed by atoms with van der Waals surface area (Å²) in [6.07, 6.45) is 1.94. The van der Waals surface area contributed by atoms with E-state index >= 15 is 0 Å². The van der Waals surface area contributed by atoms with Gasteiger partial charge in [-0.1, -0.05) is 201 Å². The summed E-state index contributed by atoms with van der Waals surface area (Å²) in [7, 11) is 0. The van der Waals surface area contributed by atoms with Gasteiger partial charge in [0.2, 0.25) is 0 Å². The average Bonchev–Trinajstić information content (AvgIpc) is 3.90. The van der Waals surface area contributed by atoms with E-state index in [1.54, 1.807) is 0 Å². The maximum absolute atomic E-state index is 7.05. The Labute approximate surface area is 445 Å². The smallest absolute Gasteiger partial charge is 0.135 e. The number of fused-ring (bicyclic) bond motifs is 3. The summed E-state index contributed by atoms with van der Waals surface area (Å²) in [5.41, 5.74) is 12.8. The van der Waals surface area contributed by atoms with Crippen LogP contribution in [-0.2, 0) is 42.7 Å². The molecule has 2 aromatic heterocycles. The number of pyridine rings is 1. The van der Waals surface area contributed by atoms with Gasteiger partial charge >= 0.3 is 0 Å². The number of anilines is 2. The van der Waals surface area contributed by atoms with Crippen molar-refractivity contribution in [3.05, 3.63) is 209 Å². The molecular formula is C66H73N4OPt-3. The largest absolute Gasteiger partial charge is 0.509 e. The van der Waals surface area contributed by atoms with Crippen LogP contribution in [0.25, 0.3) is 27.6 Å². The summed E-state index contributed by atoms with van der Waals surface area (Å²) in [5.74, 6) is 2.07. The Hall–Kier alpha value is -5.90. The topological polar surface area (TPSA) is 33.5 Å². The number of aromatic nitrogens is 2. The normalized spacial score (nSPS) is 14.1. The zero-order valence-electron chi connectivity index (χ0n) is 45.4. The minimum Gasteiger partial charge on any atom is -0.509 e. The predicted octanol–water partition coefficient (Wildman–Crippen LogP) is 17.6. The molecule has 0 atom stereocenters. The van der Waals surface area contributed by atoms with E-state index in [1.807, 2.05) is 6.20 Å². The number of hydrogen-bond donors (Lipinski definition) is 0. The monoisotopic (exact) mass is 1130 g/mol. The fourth-order valence-electron chi connectivity index (χ4n) is 10.2. The molecule has 6 aromatic carbocycles. The van der Waals surface area contributed by atoms with E-state index in [4.69, 9.17) is 9.72 Å². The second kappa shape index (κ2) is 18.9. The number of benzene rings is 6. The molecule has 3 heterocycles. The molecule has 0 saturated heterocycles. The van der Waals surface area contributed by atoms with Crippen LogP contribution in [-0.4, -0.2) is 9.55 Å². The van der Waals surface area contributed by atoms with Gasteiger partial charge < -0.3 is 19.1 Å². The Kier molecular flexibility index (Phi) is 13.7. The zero-order chi connectivity index (χ0) is 51.1. The van der Waals surface area contributed by atoms with Crippen LogP contribution in [0.4, 0.5) is 11.4 Å². The van der Waals surface area contributed by atoms with Crippen molar-refractivity contribution in [2.75, 3.05) is 9.80 Å². The fraction of sp³-hybridized carbons (Fsp3) is 0.333. The molecule has 0 N–H and O–H groups in total. The molecule has 0 saturated carbocycles. The third-order valence-electron chi connectivity index (χ3n) is 14.6. The summed E-state index contributed by atoms with van der Waals surface area (Å²) in [6.45, 7) is 39.0. The van der Waals surface area contributed by atoms with E-state index in [1.165, 1.54) is 39.2 Å². The molecule has 376 valence electrons. The molecule has 6 heteroatoms. The molecule has 9 rings (SSSR count). The van der Waals surface area contributed by atoms with E-state index < -0.39 is 0 Å². The van der Waals surface area contributed by atoms with Crippen LogP contribution in [0, 0.1) is 29.6 Å². The van der Waals surface area contributed by atoms with Crippen LogP contribution >= 0.6 is 0 Å². The van der Waals surface area contributed by atoms with Crippen LogP contribution < -0.4 is 14.5 Å². The first kappa shape index (κ1) is 52.4. The van der Waals surface area contributed by atoms with Crippen molar-refractivity contribution >= 4 is 33.2 Å². The first-order valence-electron chi connectivity index (χ1n) is 25.4. The number of ether oxygens (including phenoxy) is 1. The van der Waals surface area contributed by atoms with Gasteiger partial charge in [0, 0.05) is 83.0 Å². The van der Waals surface area contributed by atoms with Crippen molar-refractivity contribution in [3.8, 4) is 17.3 Å². The van der Waals surface area contributed by atoms with Crippen molar-refractivity contribution < 1.29 is 25.8 Å². The molecule has 0 unspecified atom stereocenters. The molecule has 1 aliphatic rings. The molecule has 0 spiro atoms. The maximum atomic E-state index is 7.05. The molecule has 5 nitrogen and oxygen atoms in total. The molecular weight excluding hydrogens is 1060 g/mol. The molecule has 0 amide bonds. The molecule has 0 fully saturated rings. The van der Waals surface area contributed by atoms with Crippen LogP contribution in [0.3, 0.4) is 0 Å². The van der Waals surface area contributed by atoms with Crippen molar-refractivity contribution in [2.24, 2.45) is 10.8 Å². The number of hydrogen-bond acceptors (Lipinski definition) is 4. The van der Waals surface area contributed by atoms with Crippen LogP contribution in [0.5, 0.6) is 11.5 Å². The number of rotatable bonds is 9. The van der Waals surface area contributed by atoms with E-state index in [9.17, 15) is 0 Å². The number of nitrogens with zero attached hydrogens (tertiary/aromatic N) is 4. The van der Waals surface area contributed by atoms with E-state index in [0.29, 0.717) is 11.5 Å². The van der Waals surface area contributed by atoms with Gasteiger partial charge in [0.05, 0.1) is 0 Å². The van der Waals surface area contributed by atoms with Crippen molar-refractivity contribution in [2.45, 2.75) is 132 Å². The minimum absolute atomic E-state index is 0. The first-order chi connectivity index (χ1) is 33.2. The van der Waals surface area contributed by atoms with Crippen molar-refractivity contribution in [3.63, 3.8) is 0 Å². The van der Waals surface area contributed by atoms with Gasteiger partial charge in [-0.2, -0.15) is 6.07 Å². The fourth-order valence-corrected chi connectivity index (χ4v) is 10.2. The number of allylic oxidation sites excluding steroid dienone is 2. The quantitative estimate of drug-likeness (QED) is 0.135. The Morgan fingerprint density at radius 2 is 1.01 bits per heavy atom. The molecule has 0 radical (unpaired) electrons. The standard InChI is InChI=1S/C66H73N4O.Pt/c1-61(2,3)46-28-23-29-50(36-46)68-43-69(60(64(10,11)12)59(68)63(7,8)9)51-37-49(62(4,5)6)38-53(41-51)71-52-31-32-54-55-39-47(65(13,14)44-24-19-17-20-25-44)30-33-56(55)70(57(54)42-52)58-40-48(34-35-67-58)66(15,16)45-26-21-18-22-27-45;/h17-40,43H,1-16H3;/q-3;. The summed E-state index contributed by atoms with van der Waals surface area (Å²) >= 11 is 0. The Balaban J connectivity index is 0.00000693. The molecule has 72 heavy (non-hydrogen) atoms. The maximum Gasteiger partial charge on any atom is 0.135 e. The van der Waals surface area contributed by atoms with Crippen molar-refractivity contribution in [1.82, 2.24) is 9.55 Å². The Morgan fingerprint density at radius 1 is 0.444 bits per heavy atom. The third-order valence-corrected chi connectivity index (χ3v) is 14.6. The summed E-state index contributed by atoms with van der Waals surface area (Å²) in [6, 6.07) is 58.1. The van der Waals surface area contributed by atoms with Gasteiger partial charge in [-0.25, -0.2) is 4.98 Å². The molecule has 0 aliphatic carbocycles. The van der Waals surface area contributed by atoms with Gasteiger partial charge in [-0.3, -0.25) is 0 Å². The van der Waals surface area contributed by atoms with Gasteiger partial charge in [0.1, 0.15) is 5.82 Å². The third kappa shape index (κ3) is 9.96. The molecule has 0 bridgehead atoms. The van der Waals surface area contributed by atoms with E-state index in [0.717, 1.165) is 44.6 Å².